The van der Waals surface area contributed by atoms with Gasteiger partial charge in [-0.2, -0.15) is 9.78 Å². The fourth-order valence-corrected chi connectivity index (χ4v) is 2.44. The molecule has 1 aromatic carbocycles. The van der Waals surface area contributed by atoms with Crippen molar-refractivity contribution in [3.05, 3.63) is 44.1 Å². The van der Waals surface area contributed by atoms with Crippen LogP contribution in [0.25, 0.3) is 0 Å². The van der Waals surface area contributed by atoms with Gasteiger partial charge in [-0.05, 0) is 46.0 Å². The van der Waals surface area contributed by atoms with Crippen LogP contribution in [0.1, 0.15) is 6.92 Å². The molecular weight excluding hydrogens is 420 g/mol. The van der Waals surface area contributed by atoms with E-state index in [0.717, 1.165) is 0 Å². The Morgan fingerprint density at radius 1 is 1.56 bits per heavy atom. The molecule has 1 aromatic heterocycles. The average molecular weight is 432 g/mol. The summed E-state index contributed by atoms with van der Waals surface area (Å²) in [5, 5.41) is 18.6. The second-order valence-electron chi connectivity index (χ2n) is 4.74. The molecule has 0 fully saturated rings. The molecule has 132 valence electrons. The zero-order valence-corrected chi connectivity index (χ0v) is 15.2. The molecule has 1 heterocycles. The molecule has 0 atom stereocenters. The third kappa shape index (κ3) is 5.80. The summed E-state index contributed by atoms with van der Waals surface area (Å²) in [5.41, 5.74) is 2.79. The lowest BCUT2D eigenvalue weighted by molar-refractivity contribution is -0.394. The van der Waals surface area contributed by atoms with Crippen molar-refractivity contribution in [2.24, 2.45) is 5.10 Å². The van der Waals surface area contributed by atoms with Crippen molar-refractivity contribution in [3.63, 3.8) is 0 Å². The summed E-state index contributed by atoms with van der Waals surface area (Å²) >= 11 is 9.09. The molecule has 0 aliphatic heterocycles. The van der Waals surface area contributed by atoms with Crippen molar-refractivity contribution in [1.82, 2.24) is 20.2 Å². The van der Waals surface area contributed by atoms with Crippen LogP contribution in [0.5, 0.6) is 5.75 Å². The molecule has 0 radical (unpaired) electrons. The van der Waals surface area contributed by atoms with Crippen LogP contribution in [0, 0.1) is 10.1 Å². The Hall–Kier alpha value is -2.53. The highest BCUT2D eigenvalue weighted by Gasteiger charge is 2.13. The van der Waals surface area contributed by atoms with Crippen molar-refractivity contribution in [1.29, 1.82) is 0 Å². The largest absolute Gasteiger partial charge is 0.490 e. The number of carbonyl (C=O) groups is 1. The average Bonchev–Trinajstić information content (AvgIpc) is 3.01. The SMILES string of the molecule is CC(Cn1cnc([N+](=O)[O-])n1)=NNC(=O)COc1ccc(Cl)cc1Br. The van der Waals surface area contributed by atoms with Gasteiger partial charge in [-0.1, -0.05) is 16.6 Å². The number of halogens is 2. The maximum atomic E-state index is 11.7. The maximum absolute atomic E-state index is 11.7. The summed E-state index contributed by atoms with van der Waals surface area (Å²) in [6, 6.07) is 4.92. The first-order chi connectivity index (χ1) is 11.8. The molecule has 1 N–H and O–H groups in total. The van der Waals surface area contributed by atoms with Gasteiger partial charge in [-0.15, -0.1) is 0 Å². The van der Waals surface area contributed by atoms with E-state index < -0.39 is 16.8 Å². The molecule has 0 saturated heterocycles. The van der Waals surface area contributed by atoms with E-state index in [-0.39, 0.29) is 13.2 Å². The molecule has 0 bridgehead atoms. The highest BCUT2D eigenvalue weighted by Crippen LogP contribution is 2.27. The van der Waals surface area contributed by atoms with E-state index >= 15 is 0 Å². The monoisotopic (exact) mass is 430 g/mol. The smallest absolute Gasteiger partial charge is 0.483 e. The zero-order chi connectivity index (χ0) is 18.4. The molecule has 2 aromatic rings. The number of benzene rings is 1. The number of hydrogen-bond donors (Lipinski definition) is 1. The predicted octanol–water partition coefficient (Wildman–Crippen LogP) is 2.17. The molecule has 0 saturated carbocycles. The number of nitrogens with zero attached hydrogens (tertiary/aromatic N) is 5. The minimum absolute atomic E-state index is 0.144. The van der Waals surface area contributed by atoms with Crippen LogP contribution in [0.2, 0.25) is 5.02 Å². The van der Waals surface area contributed by atoms with E-state index in [0.29, 0.717) is 21.0 Å². The van der Waals surface area contributed by atoms with Crippen LogP contribution in [0.3, 0.4) is 0 Å². The number of nitrogens with one attached hydrogen (secondary N) is 1. The topological polar surface area (TPSA) is 125 Å². The Morgan fingerprint density at radius 3 is 2.96 bits per heavy atom. The molecular formula is C13H12BrClN6O4. The van der Waals surface area contributed by atoms with Gasteiger partial charge in [0.1, 0.15) is 5.75 Å². The molecule has 0 aliphatic rings. The van der Waals surface area contributed by atoms with Gasteiger partial charge in [-0.25, -0.2) is 5.43 Å². The van der Waals surface area contributed by atoms with Crippen LogP contribution in [-0.4, -0.2) is 37.9 Å². The van der Waals surface area contributed by atoms with Crippen molar-refractivity contribution < 1.29 is 14.5 Å². The van der Waals surface area contributed by atoms with E-state index in [4.69, 9.17) is 16.3 Å². The number of amides is 1. The molecule has 0 spiro atoms. The Bertz CT molecular complexity index is 825. The number of ether oxygens (including phenoxy) is 1. The number of nitro groups is 1. The fourth-order valence-electron chi connectivity index (χ4n) is 1.64. The Morgan fingerprint density at radius 2 is 2.32 bits per heavy atom. The Balaban J connectivity index is 1.83. The second kappa shape index (κ2) is 8.53. The molecule has 2 rings (SSSR count). The number of hydrogen-bond acceptors (Lipinski definition) is 7. The molecule has 0 unspecified atom stereocenters. The lowest BCUT2D eigenvalue weighted by Crippen LogP contribution is -2.26. The molecule has 10 nitrogen and oxygen atoms in total. The van der Waals surface area contributed by atoms with Crippen molar-refractivity contribution in [2.45, 2.75) is 13.5 Å². The number of hydrazone groups is 1. The van der Waals surface area contributed by atoms with Crippen LogP contribution < -0.4 is 10.2 Å². The number of carbonyl (C=O) groups excluding carboxylic acids is 1. The highest BCUT2D eigenvalue weighted by atomic mass is 79.9. The minimum Gasteiger partial charge on any atom is -0.483 e. The van der Waals surface area contributed by atoms with E-state index in [9.17, 15) is 14.9 Å². The number of aromatic nitrogens is 3. The van der Waals surface area contributed by atoms with Crippen molar-refractivity contribution in [3.8, 4) is 5.75 Å². The molecule has 1 amide bonds. The Kier molecular flexibility index (Phi) is 6.42. The van der Waals surface area contributed by atoms with E-state index in [1.165, 1.54) is 11.0 Å². The molecule has 12 heteroatoms. The van der Waals surface area contributed by atoms with Gasteiger partial charge in [0, 0.05) is 10.1 Å². The molecule has 25 heavy (non-hydrogen) atoms. The Labute approximate surface area is 155 Å². The maximum Gasteiger partial charge on any atom is 0.490 e. The van der Waals surface area contributed by atoms with Crippen LogP contribution in [0.15, 0.2) is 34.1 Å². The van der Waals surface area contributed by atoms with Gasteiger partial charge in [0.05, 0.1) is 16.7 Å². The summed E-state index contributed by atoms with van der Waals surface area (Å²) in [7, 11) is 0. The van der Waals surface area contributed by atoms with Crippen LogP contribution >= 0.6 is 27.5 Å². The standard InChI is InChI=1S/C13H12BrClN6O4/c1-8(5-20-7-16-13(19-20)21(23)24)17-18-12(22)6-25-11-3-2-9(15)4-10(11)14/h2-4,7H,5-6H2,1H3,(H,18,22). The quantitative estimate of drug-likeness (QED) is 0.407. The summed E-state index contributed by atoms with van der Waals surface area (Å²) in [5.74, 6) is -0.500. The van der Waals surface area contributed by atoms with Gasteiger partial charge in [-0.3, -0.25) is 4.79 Å². The van der Waals surface area contributed by atoms with Gasteiger partial charge >= 0.3 is 5.95 Å². The first-order valence-corrected chi connectivity index (χ1v) is 7.96. The van der Waals surface area contributed by atoms with E-state index in [2.05, 4.69) is 36.5 Å². The van der Waals surface area contributed by atoms with E-state index in [1.54, 1.807) is 25.1 Å². The minimum atomic E-state index is -0.697. The lowest BCUT2D eigenvalue weighted by Gasteiger charge is -2.07. The summed E-state index contributed by atoms with van der Waals surface area (Å²) in [6.07, 6.45) is 1.21. The summed E-state index contributed by atoms with van der Waals surface area (Å²) in [6.45, 7) is 1.53. The van der Waals surface area contributed by atoms with Gasteiger partial charge < -0.3 is 14.9 Å². The zero-order valence-electron chi connectivity index (χ0n) is 12.8. The fraction of sp³-hybridized carbons (Fsp3) is 0.231. The third-order valence-electron chi connectivity index (χ3n) is 2.70. The highest BCUT2D eigenvalue weighted by molar-refractivity contribution is 9.10. The van der Waals surface area contributed by atoms with Gasteiger partial charge in [0.25, 0.3) is 5.91 Å². The first-order valence-electron chi connectivity index (χ1n) is 6.79. The molecule has 0 aliphatic carbocycles. The van der Waals surface area contributed by atoms with Crippen molar-refractivity contribution in [2.75, 3.05) is 6.61 Å². The van der Waals surface area contributed by atoms with Crippen LogP contribution in [0.4, 0.5) is 5.95 Å². The summed E-state index contributed by atoms with van der Waals surface area (Å²) < 4.78 is 7.21. The lowest BCUT2D eigenvalue weighted by atomic mass is 10.3. The van der Waals surface area contributed by atoms with Gasteiger partial charge in [0.15, 0.2) is 6.61 Å². The van der Waals surface area contributed by atoms with Gasteiger partial charge in [0.2, 0.25) is 6.33 Å². The second-order valence-corrected chi connectivity index (χ2v) is 6.04. The normalized spacial score (nSPS) is 11.2. The predicted molar refractivity (Wildman–Crippen MR) is 92.6 cm³/mol. The summed E-state index contributed by atoms with van der Waals surface area (Å²) in [4.78, 5) is 25.1. The van der Waals surface area contributed by atoms with Crippen LogP contribution in [-0.2, 0) is 11.3 Å². The third-order valence-corrected chi connectivity index (χ3v) is 3.56. The first kappa shape index (κ1) is 18.8. The van der Waals surface area contributed by atoms with Crippen molar-refractivity contribution >= 4 is 45.1 Å². The number of rotatable bonds is 7. The van der Waals surface area contributed by atoms with E-state index in [1.807, 2.05) is 0 Å².